The van der Waals surface area contributed by atoms with Crippen molar-refractivity contribution in [1.29, 1.82) is 0 Å². The van der Waals surface area contributed by atoms with Crippen molar-refractivity contribution in [3.05, 3.63) is 63.3 Å². The predicted molar refractivity (Wildman–Crippen MR) is 95.6 cm³/mol. The maximum atomic E-state index is 12.3. The van der Waals surface area contributed by atoms with Crippen molar-refractivity contribution in [2.24, 2.45) is 0 Å². The van der Waals surface area contributed by atoms with E-state index in [1.807, 2.05) is 13.8 Å². The molecule has 2 rings (SSSR count). The van der Waals surface area contributed by atoms with Crippen molar-refractivity contribution in [3.63, 3.8) is 0 Å². The van der Waals surface area contributed by atoms with E-state index >= 15 is 0 Å². The summed E-state index contributed by atoms with van der Waals surface area (Å²) < 4.78 is 10.0. The Morgan fingerprint density at radius 2 is 1.93 bits per heavy atom. The van der Waals surface area contributed by atoms with Crippen molar-refractivity contribution in [3.8, 4) is 5.88 Å². The van der Waals surface area contributed by atoms with Crippen molar-refractivity contribution < 1.29 is 24.0 Å². The van der Waals surface area contributed by atoms with Gasteiger partial charge in [0, 0.05) is 36.5 Å². The van der Waals surface area contributed by atoms with E-state index in [0.717, 1.165) is 24.8 Å². The van der Waals surface area contributed by atoms with E-state index in [-0.39, 0.29) is 29.5 Å². The van der Waals surface area contributed by atoms with Crippen LogP contribution in [0.15, 0.2) is 36.5 Å². The van der Waals surface area contributed by atoms with Gasteiger partial charge in [-0.15, -0.1) is 0 Å². The summed E-state index contributed by atoms with van der Waals surface area (Å²) in [4.78, 5) is 38.5. The van der Waals surface area contributed by atoms with Gasteiger partial charge < -0.3 is 14.8 Å². The minimum absolute atomic E-state index is 0.000862. The molecule has 142 valence electrons. The highest BCUT2D eigenvalue weighted by Crippen LogP contribution is 2.18. The van der Waals surface area contributed by atoms with Crippen molar-refractivity contribution in [2.45, 2.75) is 26.5 Å². The van der Waals surface area contributed by atoms with Crippen LogP contribution in [0.4, 0.5) is 5.69 Å². The molecule has 0 unspecified atom stereocenters. The Labute approximate surface area is 155 Å². The summed E-state index contributed by atoms with van der Waals surface area (Å²) in [6.07, 6.45) is 1.56. The third kappa shape index (κ3) is 5.50. The Balaban J connectivity index is 2.12. The third-order valence-corrected chi connectivity index (χ3v) is 3.42. The molecule has 0 aliphatic heterocycles. The zero-order valence-corrected chi connectivity index (χ0v) is 15.1. The molecule has 1 aromatic heterocycles. The second kappa shape index (κ2) is 8.75. The smallest absolute Gasteiger partial charge is 0.338 e. The van der Waals surface area contributed by atoms with Gasteiger partial charge in [0.25, 0.3) is 11.6 Å². The van der Waals surface area contributed by atoms with Gasteiger partial charge in [0.2, 0.25) is 5.88 Å². The van der Waals surface area contributed by atoms with Gasteiger partial charge >= 0.3 is 5.97 Å². The van der Waals surface area contributed by atoms with Crippen molar-refractivity contribution in [2.75, 3.05) is 7.11 Å². The van der Waals surface area contributed by atoms with Crippen LogP contribution in [0.25, 0.3) is 0 Å². The number of aromatic nitrogens is 1. The number of carbonyl (C=O) groups is 2. The maximum Gasteiger partial charge on any atom is 0.338 e. The number of rotatable bonds is 7. The van der Waals surface area contributed by atoms with Crippen LogP contribution in [-0.4, -0.2) is 35.0 Å². The van der Waals surface area contributed by atoms with E-state index in [9.17, 15) is 19.7 Å². The molecule has 0 fully saturated rings. The van der Waals surface area contributed by atoms with E-state index in [1.54, 1.807) is 18.3 Å². The van der Waals surface area contributed by atoms with E-state index < -0.39 is 16.8 Å². The monoisotopic (exact) mass is 373 g/mol. The largest absolute Gasteiger partial charge is 0.475 e. The van der Waals surface area contributed by atoms with Gasteiger partial charge in [0.15, 0.2) is 0 Å². The van der Waals surface area contributed by atoms with Gasteiger partial charge in [0.05, 0.1) is 23.7 Å². The fourth-order valence-electron chi connectivity index (χ4n) is 2.19. The lowest BCUT2D eigenvalue weighted by Crippen LogP contribution is -2.23. The van der Waals surface area contributed by atoms with E-state index in [0.29, 0.717) is 5.88 Å². The summed E-state index contributed by atoms with van der Waals surface area (Å²) in [5.41, 5.74) is 0.254. The number of nitro groups is 1. The molecule has 27 heavy (non-hydrogen) atoms. The first-order chi connectivity index (χ1) is 12.8. The molecule has 2 aromatic rings. The number of nitro benzene ring substituents is 1. The van der Waals surface area contributed by atoms with Crippen LogP contribution in [0.3, 0.4) is 0 Å². The van der Waals surface area contributed by atoms with Crippen LogP contribution in [-0.2, 0) is 11.3 Å². The number of amides is 1. The minimum Gasteiger partial charge on any atom is -0.475 e. The number of nitrogens with one attached hydrogen (secondary N) is 1. The van der Waals surface area contributed by atoms with Crippen LogP contribution in [0, 0.1) is 10.1 Å². The second-order valence-corrected chi connectivity index (χ2v) is 5.87. The molecule has 9 nitrogen and oxygen atoms in total. The molecule has 0 atom stereocenters. The van der Waals surface area contributed by atoms with E-state index in [1.165, 1.54) is 6.07 Å². The normalized spacial score (nSPS) is 10.4. The zero-order chi connectivity index (χ0) is 20.0. The molecule has 0 bridgehead atoms. The van der Waals surface area contributed by atoms with Crippen LogP contribution in [0.5, 0.6) is 5.88 Å². The molecular formula is C18H19N3O6. The van der Waals surface area contributed by atoms with E-state index in [4.69, 9.17) is 4.74 Å². The summed E-state index contributed by atoms with van der Waals surface area (Å²) in [5, 5.41) is 13.7. The highest BCUT2D eigenvalue weighted by molar-refractivity contribution is 5.98. The lowest BCUT2D eigenvalue weighted by atomic mass is 10.1. The Morgan fingerprint density at radius 1 is 1.22 bits per heavy atom. The number of hydrogen-bond acceptors (Lipinski definition) is 7. The predicted octanol–water partition coefficient (Wildman–Crippen LogP) is 2.49. The first-order valence-electron chi connectivity index (χ1n) is 8.07. The number of non-ortho nitro benzene ring substituents is 1. The first kappa shape index (κ1) is 19.8. The standard InChI is InChI=1S/C18H19N3O6/c1-11(2)27-16-5-4-12(9-19-16)10-20-17(22)13-6-14(18(23)26-3)8-15(7-13)21(24)25/h4-9,11H,10H2,1-3H3,(H,20,22). The van der Waals surface area contributed by atoms with Gasteiger partial charge in [-0.1, -0.05) is 6.07 Å². The maximum absolute atomic E-state index is 12.3. The molecule has 1 aromatic carbocycles. The summed E-state index contributed by atoms with van der Waals surface area (Å²) >= 11 is 0. The quantitative estimate of drug-likeness (QED) is 0.449. The summed E-state index contributed by atoms with van der Waals surface area (Å²) in [7, 11) is 1.15. The third-order valence-electron chi connectivity index (χ3n) is 3.42. The number of hydrogen-bond donors (Lipinski definition) is 1. The van der Waals surface area contributed by atoms with Crippen LogP contribution < -0.4 is 10.1 Å². The zero-order valence-electron chi connectivity index (χ0n) is 15.1. The average Bonchev–Trinajstić information content (AvgIpc) is 2.65. The van der Waals surface area contributed by atoms with Gasteiger partial charge in [-0.05, 0) is 25.5 Å². The number of methoxy groups -OCH3 is 1. The number of carbonyl (C=O) groups excluding carboxylic acids is 2. The van der Waals surface area contributed by atoms with Gasteiger partial charge in [0.1, 0.15) is 0 Å². The Morgan fingerprint density at radius 3 is 2.48 bits per heavy atom. The second-order valence-electron chi connectivity index (χ2n) is 5.87. The van der Waals surface area contributed by atoms with Crippen LogP contribution in [0.2, 0.25) is 0 Å². The Kier molecular flexibility index (Phi) is 6.42. The molecule has 0 aliphatic rings. The molecule has 9 heteroatoms. The molecular weight excluding hydrogens is 354 g/mol. The lowest BCUT2D eigenvalue weighted by Gasteiger charge is -2.10. The summed E-state index contributed by atoms with van der Waals surface area (Å²) in [6, 6.07) is 6.83. The van der Waals surface area contributed by atoms with Gasteiger partial charge in [-0.3, -0.25) is 14.9 Å². The highest BCUT2D eigenvalue weighted by atomic mass is 16.6. The number of ether oxygens (including phenoxy) is 2. The molecule has 0 radical (unpaired) electrons. The number of esters is 1. The van der Waals surface area contributed by atoms with Crippen molar-refractivity contribution >= 4 is 17.6 Å². The SMILES string of the molecule is COC(=O)c1cc(C(=O)NCc2ccc(OC(C)C)nc2)cc([N+](=O)[O-])c1. The molecule has 0 saturated heterocycles. The van der Waals surface area contributed by atoms with E-state index in [2.05, 4.69) is 15.0 Å². The average molecular weight is 373 g/mol. The molecule has 1 heterocycles. The number of nitrogens with zero attached hydrogens (tertiary/aromatic N) is 2. The number of pyridine rings is 1. The summed E-state index contributed by atoms with van der Waals surface area (Å²) in [5.74, 6) is -0.856. The molecule has 1 N–H and O–H groups in total. The Bertz CT molecular complexity index is 849. The van der Waals surface area contributed by atoms with Crippen molar-refractivity contribution in [1.82, 2.24) is 10.3 Å². The topological polar surface area (TPSA) is 121 Å². The lowest BCUT2D eigenvalue weighted by molar-refractivity contribution is -0.384. The van der Waals surface area contributed by atoms with Gasteiger partial charge in [-0.25, -0.2) is 9.78 Å². The minimum atomic E-state index is -0.766. The Hall–Kier alpha value is -3.49. The summed E-state index contributed by atoms with van der Waals surface area (Å²) in [6.45, 7) is 3.93. The highest BCUT2D eigenvalue weighted by Gasteiger charge is 2.18. The fraction of sp³-hybridized carbons (Fsp3) is 0.278. The van der Waals surface area contributed by atoms with Crippen LogP contribution >= 0.6 is 0 Å². The molecule has 0 saturated carbocycles. The number of benzene rings is 1. The fourth-order valence-corrected chi connectivity index (χ4v) is 2.19. The van der Waals surface area contributed by atoms with Gasteiger partial charge in [-0.2, -0.15) is 0 Å². The van der Waals surface area contributed by atoms with Crippen LogP contribution in [0.1, 0.15) is 40.1 Å². The molecule has 0 aliphatic carbocycles. The molecule has 0 spiro atoms. The first-order valence-corrected chi connectivity index (χ1v) is 8.07. The molecule has 1 amide bonds.